The van der Waals surface area contributed by atoms with Crippen molar-refractivity contribution in [2.45, 2.75) is 19.5 Å². The molecule has 0 saturated carbocycles. The van der Waals surface area contributed by atoms with Crippen LogP contribution in [0.2, 0.25) is 5.02 Å². The van der Waals surface area contributed by atoms with E-state index in [4.69, 9.17) is 16.9 Å². The van der Waals surface area contributed by atoms with E-state index in [1.807, 2.05) is 16.8 Å². The van der Waals surface area contributed by atoms with Crippen molar-refractivity contribution in [2.24, 2.45) is 0 Å². The van der Waals surface area contributed by atoms with E-state index in [0.717, 1.165) is 12.2 Å². The minimum absolute atomic E-state index is 0.187. The Morgan fingerprint density at radius 2 is 2.39 bits per heavy atom. The molecular formula is C13H13ClN4. The van der Waals surface area contributed by atoms with Crippen LogP contribution in [0.15, 0.2) is 36.9 Å². The van der Waals surface area contributed by atoms with Gasteiger partial charge in [0.1, 0.15) is 6.07 Å². The topological polar surface area (TPSA) is 53.6 Å². The van der Waals surface area contributed by atoms with Gasteiger partial charge in [0.2, 0.25) is 0 Å². The van der Waals surface area contributed by atoms with Crippen LogP contribution < -0.4 is 5.32 Å². The van der Waals surface area contributed by atoms with Crippen LogP contribution in [0, 0.1) is 11.3 Å². The van der Waals surface area contributed by atoms with Gasteiger partial charge in [-0.1, -0.05) is 11.6 Å². The summed E-state index contributed by atoms with van der Waals surface area (Å²) in [6.07, 6.45) is 5.42. The monoisotopic (exact) mass is 260 g/mol. The molecule has 0 aliphatic rings. The third kappa shape index (κ3) is 3.02. The van der Waals surface area contributed by atoms with Gasteiger partial charge in [-0.3, -0.25) is 0 Å². The fraction of sp³-hybridized carbons (Fsp3) is 0.231. The van der Waals surface area contributed by atoms with E-state index in [9.17, 15) is 0 Å². The van der Waals surface area contributed by atoms with Crippen molar-refractivity contribution in [3.05, 3.63) is 47.5 Å². The van der Waals surface area contributed by atoms with Gasteiger partial charge in [0.15, 0.2) is 0 Å². The fourth-order valence-corrected chi connectivity index (χ4v) is 1.93. The largest absolute Gasteiger partial charge is 0.380 e. The summed E-state index contributed by atoms with van der Waals surface area (Å²) in [4.78, 5) is 3.99. The Balaban J connectivity index is 2.07. The Bertz CT molecular complexity index is 557. The summed E-state index contributed by atoms with van der Waals surface area (Å²) < 4.78 is 1.99. The summed E-state index contributed by atoms with van der Waals surface area (Å²) >= 11 is 5.86. The molecule has 1 atom stereocenters. The number of hydrogen-bond donors (Lipinski definition) is 1. The van der Waals surface area contributed by atoms with Gasteiger partial charge in [-0.05, 0) is 25.1 Å². The number of rotatable bonds is 4. The Morgan fingerprint density at radius 1 is 1.56 bits per heavy atom. The number of aromatic nitrogens is 2. The number of nitriles is 1. The molecule has 4 nitrogen and oxygen atoms in total. The van der Waals surface area contributed by atoms with E-state index < -0.39 is 0 Å². The van der Waals surface area contributed by atoms with Crippen molar-refractivity contribution >= 4 is 17.3 Å². The third-order valence-electron chi connectivity index (χ3n) is 2.55. The highest BCUT2D eigenvalue weighted by Gasteiger charge is 2.07. The maximum Gasteiger partial charge on any atom is 0.101 e. The van der Waals surface area contributed by atoms with Gasteiger partial charge in [0.05, 0.1) is 17.6 Å². The molecule has 0 aliphatic carbocycles. The zero-order valence-electron chi connectivity index (χ0n) is 9.97. The molecule has 0 saturated heterocycles. The van der Waals surface area contributed by atoms with Gasteiger partial charge in [-0.2, -0.15) is 5.26 Å². The predicted octanol–water partition coefficient (Wildman–Crippen LogP) is 2.91. The minimum atomic E-state index is 0.187. The second-order valence-electron chi connectivity index (χ2n) is 4.11. The number of nitrogens with zero attached hydrogens (tertiary/aromatic N) is 3. The highest BCUT2D eigenvalue weighted by atomic mass is 35.5. The highest BCUT2D eigenvalue weighted by molar-refractivity contribution is 6.30. The van der Waals surface area contributed by atoms with Crippen molar-refractivity contribution in [1.29, 1.82) is 5.26 Å². The molecule has 0 spiro atoms. The summed E-state index contributed by atoms with van der Waals surface area (Å²) in [5, 5.41) is 12.9. The van der Waals surface area contributed by atoms with E-state index >= 15 is 0 Å². The van der Waals surface area contributed by atoms with Crippen LogP contribution in [0.5, 0.6) is 0 Å². The maximum absolute atomic E-state index is 9.05. The Hall–Kier alpha value is -1.99. The molecular weight excluding hydrogens is 248 g/mol. The lowest BCUT2D eigenvalue weighted by Crippen LogP contribution is -2.21. The van der Waals surface area contributed by atoms with Crippen molar-refractivity contribution in [2.75, 3.05) is 5.32 Å². The van der Waals surface area contributed by atoms with Crippen molar-refractivity contribution in [3.8, 4) is 6.07 Å². The zero-order valence-corrected chi connectivity index (χ0v) is 10.7. The summed E-state index contributed by atoms with van der Waals surface area (Å²) in [5.41, 5.74) is 1.36. The van der Waals surface area contributed by atoms with Gasteiger partial charge in [-0.25, -0.2) is 4.98 Å². The zero-order chi connectivity index (χ0) is 13.0. The van der Waals surface area contributed by atoms with E-state index in [-0.39, 0.29) is 6.04 Å². The molecule has 0 aliphatic heterocycles. The average molecular weight is 261 g/mol. The smallest absolute Gasteiger partial charge is 0.101 e. The summed E-state index contributed by atoms with van der Waals surface area (Å²) in [6.45, 7) is 2.84. The number of benzene rings is 1. The molecule has 0 bridgehead atoms. The SMILES string of the molecule is CC(Cn1ccnc1)Nc1ccc(Cl)cc1C#N. The first-order valence-electron chi connectivity index (χ1n) is 5.61. The van der Waals surface area contributed by atoms with Crippen molar-refractivity contribution < 1.29 is 0 Å². The second-order valence-corrected chi connectivity index (χ2v) is 4.54. The first kappa shape index (κ1) is 12.5. The predicted molar refractivity (Wildman–Crippen MR) is 71.5 cm³/mol. The normalized spacial score (nSPS) is 11.8. The molecule has 1 heterocycles. The van der Waals surface area contributed by atoms with Gasteiger partial charge < -0.3 is 9.88 Å². The number of anilines is 1. The highest BCUT2D eigenvalue weighted by Crippen LogP contribution is 2.20. The first-order chi connectivity index (χ1) is 8.69. The number of halogens is 1. The molecule has 92 valence electrons. The molecule has 1 aromatic carbocycles. The molecule has 1 N–H and O–H groups in total. The fourth-order valence-electron chi connectivity index (χ4n) is 1.76. The lowest BCUT2D eigenvalue weighted by molar-refractivity contribution is 0.619. The molecule has 0 fully saturated rings. The molecule has 0 radical (unpaired) electrons. The summed E-state index contributed by atoms with van der Waals surface area (Å²) in [5.74, 6) is 0. The van der Waals surface area contributed by atoms with E-state index in [0.29, 0.717) is 10.6 Å². The molecule has 1 unspecified atom stereocenters. The average Bonchev–Trinajstić information content (AvgIpc) is 2.84. The standard InChI is InChI=1S/C13H13ClN4/c1-10(8-18-5-4-16-9-18)17-13-3-2-12(14)6-11(13)7-15/h2-6,9-10,17H,8H2,1H3. The first-order valence-corrected chi connectivity index (χ1v) is 5.99. The molecule has 5 heteroatoms. The lowest BCUT2D eigenvalue weighted by Gasteiger charge is -2.16. The van der Waals surface area contributed by atoms with E-state index in [2.05, 4.69) is 23.3 Å². The van der Waals surface area contributed by atoms with Crippen LogP contribution in [0.1, 0.15) is 12.5 Å². The molecule has 0 amide bonds. The molecule has 2 aromatic rings. The summed E-state index contributed by atoms with van der Waals surface area (Å²) in [6, 6.07) is 7.58. The number of nitrogens with one attached hydrogen (secondary N) is 1. The number of hydrogen-bond acceptors (Lipinski definition) is 3. The van der Waals surface area contributed by atoms with Gasteiger partial charge in [0, 0.05) is 30.0 Å². The van der Waals surface area contributed by atoms with E-state index in [1.54, 1.807) is 24.7 Å². The summed E-state index contributed by atoms with van der Waals surface area (Å²) in [7, 11) is 0. The second kappa shape index (κ2) is 5.56. The van der Waals surface area contributed by atoms with Crippen LogP contribution in [0.4, 0.5) is 5.69 Å². The molecule has 1 aromatic heterocycles. The van der Waals surface area contributed by atoms with E-state index in [1.165, 1.54) is 0 Å². The number of imidazole rings is 1. The van der Waals surface area contributed by atoms with Crippen LogP contribution in [0.25, 0.3) is 0 Å². The Kier molecular flexibility index (Phi) is 3.85. The Labute approximate surface area is 111 Å². The molecule has 18 heavy (non-hydrogen) atoms. The van der Waals surface area contributed by atoms with Crippen molar-refractivity contribution in [1.82, 2.24) is 9.55 Å². The minimum Gasteiger partial charge on any atom is -0.380 e. The van der Waals surface area contributed by atoms with Crippen molar-refractivity contribution in [3.63, 3.8) is 0 Å². The van der Waals surface area contributed by atoms with Gasteiger partial charge in [-0.15, -0.1) is 0 Å². The lowest BCUT2D eigenvalue weighted by atomic mass is 10.2. The Morgan fingerprint density at radius 3 is 3.06 bits per heavy atom. The third-order valence-corrected chi connectivity index (χ3v) is 2.78. The van der Waals surface area contributed by atoms with Gasteiger partial charge in [0.25, 0.3) is 0 Å². The van der Waals surface area contributed by atoms with Gasteiger partial charge >= 0.3 is 0 Å². The molecule has 2 rings (SSSR count). The van der Waals surface area contributed by atoms with Crippen LogP contribution in [0.3, 0.4) is 0 Å². The van der Waals surface area contributed by atoms with Crippen LogP contribution in [-0.2, 0) is 6.54 Å². The van der Waals surface area contributed by atoms with Crippen LogP contribution in [-0.4, -0.2) is 15.6 Å². The van der Waals surface area contributed by atoms with Crippen LogP contribution >= 0.6 is 11.6 Å². The quantitative estimate of drug-likeness (QED) is 0.920. The maximum atomic E-state index is 9.05.